The molecule has 2 aromatic carbocycles. The Morgan fingerprint density at radius 1 is 1.12 bits per heavy atom. The molecule has 134 valence electrons. The molecule has 0 spiro atoms. The fraction of sp³-hybridized carbons (Fsp3) is 0.200. The molecule has 0 aliphatic carbocycles. The molecular formula is C20H19ClN2O3. The molecule has 1 aromatic heterocycles. The minimum atomic E-state index is -0.350. The molecule has 6 heteroatoms. The number of benzene rings is 2. The summed E-state index contributed by atoms with van der Waals surface area (Å²) in [4.78, 5) is 12.2. The predicted molar refractivity (Wildman–Crippen MR) is 99.8 cm³/mol. The normalized spacial score (nSPS) is 10.6. The molecule has 0 radical (unpaired) electrons. The second kappa shape index (κ2) is 8.06. The quantitative estimate of drug-likeness (QED) is 0.612. The molecule has 0 fully saturated rings. The monoisotopic (exact) mass is 370 g/mol. The van der Waals surface area contributed by atoms with Crippen molar-refractivity contribution in [2.75, 3.05) is 7.11 Å². The van der Waals surface area contributed by atoms with Gasteiger partial charge in [0.15, 0.2) is 0 Å². The van der Waals surface area contributed by atoms with Gasteiger partial charge in [0, 0.05) is 11.1 Å². The highest BCUT2D eigenvalue weighted by molar-refractivity contribution is 6.30. The Morgan fingerprint density at radius 2 is 1.81 bits per heavy atom. The Labute approximate surface area is 157 Å². The van der Waals surface area contributed by atoms with Gasteiger partial charge in [-0.05, 0) is 25.1 Å². The number of rotatable bonds is 6. The third-order valence-corrected chi connectivity index (χ3v) is 4.42. The van der Waals surface area contributed by atoms with Crippen molar-refractivity contribution in [1.29, 1.82) is 0 Å². The molecule has 0 aliphatic rings. The number of hydrogen-bond donors (Lipinski definition) is 0. The lowest BCUT2D eigenvalue weighted by Gasteiger charge is -2.08. The lowest BCUT2D eigenvalue weighted by Crippen LogP contribution is -2.09. The van der Waals surface area contributed by atoms with E-state index in [0.29, 0.717) is 16.5 Å². The van der Waals surface area contributed by atoms with Crippen LogP contribution in [0.2, 0.25) is 5.15 Å². The van der Waals surface area contributed by atoms with Crippen LogP contribution in [0.4, 0.5) is 0 Å². The summed E-state index contributed by atoms with van der Waals surface area (Å²) in [5, 5.41) is 4.89. The van der Waals surface area contributed by atoms with Gasteiger partial charge in [0.25, 0.3) is 0 Å². The number of carbonyl (C=O) groups is 1. The Bertz CT molecular complexity index is 907. The van der Waals surface area contributed by atoms with Crippen LogP contribution in [0.25, 0.3) is 5.69 Å². The van der Waals surface area contributed by atoms with Crippen molar-refractivity contribution in [3.8, 4) is 11.4 Å². The van der Waals surface area contributed by atoms with Crippen LogP contribution in [-0.2, 0) is 22.6 Å². The van der Waals surface area contributed by atoms with Gasteiger partial charge in [-0.2, -0.15) is 5.10 Å². The minimum absolute atomic E-state index is 0.0749. The van der Waals surface area contributed by atoms with Crippen LogP contribution in [0, 0.1) is 6.92 Å². The van der Waals surface area contributed by atoms with Crippen LogP contribution in [-0.4, -0.2) is 22.9 Å². The fourth-order valence-electron chi connectivity index (χ4n) is 2.64. The van der Waals surface area contributed by atoms with E-state index in [4.69, 9.17) is 21.1 Å². The number of para-hydroxylation sites is 2. The summed E-state index contributed by atoms with van der Waals surface area (Å²) in [6.07, 6.45) is 0.132. The second-order valence-corrected chi connectivity index (χ2v) is 6.11. The van der Waals surface area contributed by atoms with E-state index in [-0.39, 0.29) is 19.0 Å². The van der Waals surface area contributed by atoms with E-state index in [2.05, 4.69) is 5.10 Å². The summed E-state index contributed by atoms with van der Waals surface area (Å²) in [6, 6.07) is 16.9. The molecule has 0 N–H and O–H groups in total. The molecule has 5 nitrogen and oxygen atoms in total. The average molecular weight is 371 g/mol. The van der Waals surface area contributed by atoms with E-state index in [1.54, 1.807) is 11.8 Å². The van der Waals surface area contributed by atoms with Crippen molar-refractivity contribution in [2.45, 2.75) is 20.0 Å². The zero-order chi connectivity index (χ0) is 18.5. The fourth-order valence-corrected chi connectivity index (χ4v) is 2.97. The van der Waals surface area contributed by atoms with Crippen LogP contribution < -0.4 is 4.74 Å². The van der Waals surface area contributed by atoms with Gasteiger partial charge in [0.1, 0.15) is 17.5 Å². The molecule has 0 bridgehead atoms. The van der Waals surface area contributed by atoms with Gasteiger partial charge < -0.3 is 9.47 Å². The standard InChI is InChI=1S/C20H19ClN2O3/c1-14-17(20(21)23(22-14)16-9-4-3-5-10-16)13-26-19(24)12-15-8-6-7-11-18(15)25-2/h3-11H,12-13H2,1-2H3. The molecule has 0 saturated carbocycles. The van der Waals surface area contributed by atoms with Crippen molar-refractivity contribution in [3.05, 3.63) is 76.6 Å². The van der Waals surface area contributed by atoms with Gasteiger partial charge in [-0.15, -0.1) is 0 Å². The van der Waals surface area contributed by atoms with Gasteiger partial charge in [0.05, 0.1) is 24.9 Å². The molecule has 26 heavy (non-hydrogen) atoms. The van der Waals surface area contributed by atoms with Crippen LogP contribution in [0.1, 0.15) is 16.8 Å². The maximum atomic E-state index is 12.2. The number of esters is 1. The average Bonchev–Trinajstić information content (AvgIpc) is 2.95. The highest BCUT2D eigenvalue weighted by Crippen LogP contribution is 2.24. The van der Waals surface area contributed by atoms with Gasteiger partial charge in [-0.1, -0.05) is 48.0 Å². The van der Waals surface area contributed by atoms with Crippen LogP contribution in [0.5, 0.6) is 5.75 Å². The molecule has 1 heterocycles. The Kier molecular flexibility index (Phi) is 5.58. The molecule has 3 aromatic rings. The Morgan fingerprint density at radius 3 is 2.54 bits per heavy atom. The SMILES string of the molecule is COc1ccccc1CC(=O)OCc1c(C)nn(-c2ccccc2)c1Cl. The first kappa shape index (κ1) is 18.0. The van der Waals surface area contributed by atoms with Gasteiger partial charge >= 0.3 is 5.97 Å². The number of methoxy groups -OCH3 is 1. The number of halogens is 1. The summed E-state index contributed by atoms with van der Waals surface area (Å²) in [6.45, 7) is 1.92. The zero-order valence-corrected chi connectivity index (χ0v) is 15.4. The van der Waals surface area contributed by atoms with Crippen molar-refractivity contribution < 1.29 is 14.3 Å². The van der Waals surface area contributed by atoms with Gasteiger partial charge in [-0.3, -0.25) is 4.79 Å². The number of aromatic nitrogens is 2. The van der Waals surface area contributed by atoms with Crippen LogP contribution >= 0.6 is 11.6 Å². The smallest absolute Gasteiger partial charge is 0.310 e. The Hall–Kier alpha value is -2.79. The molecule has 0 saturated heterocycles. The minimum Gasteiger partial charge on any atom is -0.496 e. The number of nitrogens with zero attached hydrogens (tertiary/aromatic N) is 2. The van der Waals surface area contributed by atoms with E-state index < -0.39 is 0 Å². The number of ether oxygens (including phenoxy) is 2. The van der Waals surface area contributed by atoms with Crippen LogP contribution in [0.3, 0.4) is 0 Å². The van der Waals surface area contributed by atoms with Gasteiger partial charge in [0.2, 0.25) is 0 Å². The van der Waals surface area contributed by atoms with Crippen LogP contribution in [0.15, 0.2) is 54.6 Å². The molecule has 0 aliphatic heterocycles. The molecule has 0 amide bonds. The molecule has 0 atom stereocenters. The van der Waals surface area contributed by atoms with Crippen molar-refractivity contribution in [1.82, 2.24) is 9.78 Å². The van der Waals surface area contributed by atoms with E-state index in [9.17, 15) is 4.79 Å². The number of carbonyl (C=O) groups excluding carboxylic acids is 1. The van der Waals surface area contributed by atoms with Gasteiger partial charge in [-0.25, -0.2) is 4.68 Å². The number of aryl methyl sites for hydroxylation is 1. The van der Waals surface area contributed by atoms with Crippen molar-refractivity contribution in [2.24, 2.45) is 0 Å². The maximum Gasteiger partial charge on any atom is 0.310 e. The predicted octanol–water partition coefficient (Wildman–Crippen LogP) is 4.13. The van der Waals surface area contributed by atoms with Crippen molar-refractivity contribution in [3.63, 3.8) is 0 Å². The van der Waals surface area contributed by atoms with E-state index in [0.717, 1.165) is 16.9 Å². The summed E-state index contributed by atoms with van der Waals surface area (Å²) < 4.78 is 12.3. The maximum absolute atomic E-state index is 12.2. The summed E-state index contributed by atoms with van der Waals surface area (Å²) in [5.41, 5.74) is 3.06. The van der Waals surface area contributed by atoms with E-state index in [1.807, 2.05) is 61.5 Å². The lowest BCUT2D eigenvalue weighted by molar-refractivity contribution is -0.144. The first-order valence-corrected chi connectivity index (χ1v) is 8.55. The summed E-state index contributed by atoms with van der Waals surface area (Å²) in [7, 11) is 1.57. The summed E-state index contributed by atoms with van der Waals surface area (Å²) >= 11 is 6.44. The zero-order valence-electron chi connectivity index (χ0n) is 14.6. The first-order chi connectivity index (χ1) is 12.6. The Balaban J connectivity index is 1.70. The third-order valence-electron chi connectivity index (χ3n) is 4.03. The first-order valence-electron chi connectivity index (χ1n) is 8.17. The lowest BCUT2D eigenvalue weighted by atomic mass is 10.1. The third kappa shape index (κ3) is 3.89. The second-order valence-electron chi connectivity index (χ2n) is 5.75. The molecular weight excluding hydrogens is 352 g/mol. The van der Waals surface area contributed by atoms with E-state index >= 15 is 0 Å². The summed E-state index contributed by atoms with van der Waals surface area (Å²) in [5.74, 6) is 0.313. The largest absolute Gasteiger partial charge is 0.496 e. The molecule has 0 unspecified atom stereocenters. The van der Waals surface area contributed by atoms with Crippen molar-refractivity contribution >= 4 is 17.6 Å². The molecule has 3 rings (SSSR count). The topological polar surface area (TPSA) is 53.4 Å². The number of hydrogen-bond acceptors (Lipinski definition) is 4. The van der Waals surface area contributed by atoms with E-state index in [1.165, 1.54) is 0 Å². The highest BCUT2D eigenvalue weighted by atomic mass is 35.5. The highest BCUT2D eigenvalue weighted by Gasteiger charge is 2.17.